The van der Waals surface area contributed by atoms with E-state index in [2.05, 4.69) is 36.1 Å². The Morgan fingerprint density at radius 1 is 1.05 bits per heavy atom. The average molecular weight is 267 g/mol. The first-order valence-electron chi connectivity index (χ1n) is 6.62. The van der Waals surface area contributed by atoms with Crippen molar-refractivity contribution >= 4 is 16.9 Å². The Balaban J connectivity index is 2.09. The third-order valence-electron chi connectivity index (χ3n) is 2.83. The Morgan fingerprint density at radius 3 is 2.60 bits per heavy atom. The van der Waals surface area contributed by atoms with Crippen LogP contribution in [0, 0.1) is 0 Å². The quantitative estimate of drug-likeness (QED) is 0.759. The van der Waals surface area contributed by atoms with Crippen LogP contribution in [0.4, 0.5) is 5.82 Å². The van der Waals surface area contributed by atoms with Crippen molar-refractivity contribution in [3.63, 3.8) is 0 Å². The summed E-state index contributed by atoms with van der Waals surface area (Å²) in [5.41, 5.74) is 2.44. The summed E-state index contributed by atoms with van der Waals surface area (Å²) in [5, 5.41) is 3.38. The molecule has 0 saturated carbocycles. The second-order valence-electron chi connectivity index (χ2n) is 5.76. The molecule has 3 rings (SSSR count). The average Bonchev–Trinajstić information content (AvgIpc) is 2.81. The van der Waals surface area contributed by atoms with Gasteiger partial charge in [-0.1, -0.05) is 12.1 Å². The van der Waals surface area contributed by atoms with E-state index in [9.17, 15) is 0 Å². The van der Waals surface area contributed by atoms with Gasteiger partial charge in [-0.15, -0.1) is 0 Å². The summed E-state index contributed by atoms with van der Waals surface area (Å²) in [6.45, 7) is 6.28. The number of benzene rings is 1. The van der Waals surface area contributed by atoms with Crippen LogP contribution < -0.4 is 5.32 Å². The third-order valence-corrected chi connectivity index (χ3v) is 2.83. The van der Waals surface area contributed by atoms with E-state index < -0.39 is 0 Å². The molecule has 0 bridgehead atoms. The molecule has 1 aromatic carbocycles. The number of anilines is 1. The van der Waals surface area contributed by atoms with Crippen LogP contribution in [-0.2, 0) is 0 Å². The van der Waals surface area contributed by atoms with Crippen molar-refractivity contribution in [2.75, 3.05) is 5.32 Å². The molecule has 0 aliphatic rings. The maximum absolute atomic E-state index is 5.82. The SMILES string of the molecule is CC(C)(C)Nc1ncccc1-c1nc2ccccc2o1. The van der Waals surface area contributed by atoms with E-state index in [1.165, 1.54) is 0 Å². The van der Waals surface area contributed by atoms with E-state index in [0.29, 0.717) is 5.89 Å². The highest BCUT2D eigenvalue weighted by atomic mass is 16.3. The molecule has 0 saturated heterocycles. The van der Waals surface area contributed by atoms with Crippen molar-refractivity contribution in [3.8, 4) is 11.5 Å². The maximum atomic E-state index is 5.82. The number of fused-ring (bicyclic) bond motifs is 1. The predicted molar refractivity (Wildman–Crippen MR) is 80.6 cm³/mol. The largest absolute Gasteiger partial charge is 0.436 e. The van der Waals surface area contributed by atoms with Crippen LogP contribution in [0.2, 0.25) is 0 Å². The number of nitrogens with one attached hydrogen (secondary N) is 1. The van der Waals surface area contributed by atoms with E-state index in [-0.39, 0.29) is 5.54 Å². The van der Waals surface area contributed by atoms with Gasteiger partial charge in [0.1, 0.15) is 11.3 Å². The Labute approximate surface area is 117 Å². The van der Waals surface area contributed by atoms with Crippen LogP contribution in [0.5, 0.6) is 0 Å². The lowest BCUT2D eigenvalue weighted by Gasteiger charge is -2.22. The summed E-state index contributed by atoms with van der Waals surface area (Å²) < 4.78 is 5.82. The minimum absolute atomic E-state index is 0.0743. The molecule has 3 aromatic rings. The molecular formula is C16H17N3O. The predicted octanol–water partition coefficient (Wildman–Crippen LogP) is 4.10. The molecule has 0 aliphatic heterocycles. The summed E-state index contributed by atoms with van der Waals surface area (Å²) in [6, 6.07) is 11.6. The molecule has 4 nitrogen and oxygen atoms in total. The molecule has 20 heavy (non-hydrogen) atoms. The molecule has 1 N–H and O–H groups in total. The molecule has 0 unspecified atom stereocenters. The van der Waals surface area contributed by atoms with Crippen molar-refractivity contribution in [2.24, 2.45) is 0 Å². The zero-order valence-electron chi connectivity index (χ0n) is 11.8. The first-order valence-corrected chi connectivity index (χ1v) is 6.62. The van der Waals surface area contributed by atoms with Crippen molar-refractivity contribution < 1.29 is 4.42 Å². The van der Waals surface area contributed by atoms with Crippen molar-refractivity contribution in [1.82, 2.24) is 9.97 Å². The van der Waals surface area contributed by atoms with Crippen LogP contribution in [0.15, 0.2) is 47.0 Å². The minimum atomic E-state index is -0.0743. The molecule has 102 valence electrons. The topological polar surface area (TPSA) is 51.0 Å². The fraction of sp³-hybridized carbons (Fsp3) is 0.250. The van der Waals surface area contributed by atoms with Crippen molar-refractivity contribution in [3.05, 3.63) is 42.6 Å². The highest BCUT2D eigenvalue weighted by Crippen LogP contribution is 2.29. The molecule has 0 fully saturated rings. The number of oxazole rings is 1. The summed E-state index contributed by atoms with van der Waals surface area (Å²) in [6.07, 6.45) is 1.76. The summed E-state index contributed by atoms with van der Waals surface area (Å²) >= 11 is 0. The first-order chi connectivity index (χ1) is 9.53. The second-order valence-corrected chi connectivity index (χ2v) is 5.76. The van der Waals surface area contributed by atoms with Gasteiger partial charge in [0.25, 0.3) is 0 Å². The van der Waals surface area contributed by atoms with Crippen LogP contribution in [0.1, 0.15) is 20.8 Å². The van der Waals surface area contributed by atoms with Gasteiger partial charge >= 0.3 is 0 Å². The lowest BCUT2D eigenvalue weighted by Crippen LogP contribution is -2.27. The number of hydrogen-bond donors (Lipinski definition) is 1. The number of rotatable bonds is 2. The van der Waals surface area contributed by atoms with E-state index >= 15 is 0 Å². The number of pyridine rings is 1. The fourth-order valence-electron chi connectivity index (χ4n) is 2.02. The van der Waals surface area contributed by atoms with Gasteiger partial charge in [-0.25, -0.2) is 9.97 Å². The standard InChI is InChI=1S/C16H17N3O/c1-16(2,3)19-14-11(7-6-10-17-14)15-18-12-8-4-5-9-13(12)20-15/h4-10H,1-3H3,(H,17,19). The van der Waals surface area contributed by atoms with Gasteiger partial charge in [0.15, 0.2) is 5.58 Å². The second kappa shape index (κ2) is 4.63. The summed E-state index contributed by atoms with van der Waals surface area (Å²) in [5.74, 6) is 1.37. The highest BCUT2D eigenvalue weighted by molar-refractivity contribution is 5.79. The number of para-hydroxylation sites is 2. The molecule has 0 radical (unpaired) electrons. The number of aromatic nitrogens is 2. The summed E-state index contributed by atoms with van der Waals surface area (Å²) in [4.78, 5) is 8.93. The van der Waals surface area contributed by atoms with Gasteiger partial charge in [0, 0.05) is 11.7 Å². The van der Waals surface area contributed by atoms with Crippen LogP contribution in [-0.4, -0.2) is 15.5 Å². The number of hydrogen-bond acceptors (Lipinski definition) is 4. The van der Waals surface area contributed by atoms with E-state index in [4.69, 9.17) is 4.42 Å². The molecule has 0 spiro atoms. The monoisotopic (exact) mass is 267 g/mol. The summed E-state index contributed by atoms with van der Waals surface area (Å²) in [7, 11) is 0. The molecule has 0 amide bonds. The Bertz CT molecular complexity index is 708. The van der Waals surface area contributed by atoms with Gasteiger partial charge in [0.05, 0.1) is 5.56 Å². The molecule has 2 heterocycles. The Hall–Kier alpha value is -2.36. The Morgan fingerprint density at radius 2 is 1.85 bits per heavy atom. The van der Waals surface area contributed by atoms with Crippen LogP contribution >= 0.6 is 0 Å². The van der Waals surface area contributed by atoms with Crippen LogP contribution in [0.3, 0.4) is 0 Å². The van der Waals surface area contributed by atoms with Gasteiger partial charge < -0.3 is 9.73 Å². The zero-order chi connectivity index (χ0) is 14.2. The van der Waals surface area contributed by atoms with Gasteiger partial charge in [-0.2, -0.15) is 0 Å². The lowest BCUT2D eigenvalue weighted by atomic mass is 10.1. The highest BCUT2D eigenvalue weighted by Gasteiger charge is 2.17. The fourth-order valence-corrected chi connectivity index (χ4v) is 2.02. The third kappa shape index (κ3) is 2.50. The van der Waals surface area contributed by atoms with Gasteiger partial charge in [-0.05, 0) is 45.0 Å². The van der Waals surface area contributed by atoms with Crippen molar-refractivity contribution in [1.29, 1.82) is 0 Å². The van der Waals surface area contributed by atoms with E-state index in [0.717, 1.165) is 22.5 Å². The first kappa shape index (κ1) is 12.7. The van der Waals surface area contributed by atoms with E-state index in [1.54, 1.807) is 6.20 Å². The molecule has 0 aliphatic carbocycles. The van der Waals surface area contributed by atoms with Crippen LogP contribution in [0.25, 0.3) is 22.6 Å². The van der Waals surface area contributed by atoms with Gasteiger partial charge in [0.2, 0.25) is 5.89 Å². The minimum Gasteiger partial charge on any atom is -0.436 e. The molecule has 0 atom stereocenters. The Kier molecular flexibility index (Phi) is 2.93. The van der Waals surface area contributed by atoms with Crippen molar-refractivity contribution in [2.45, 2.75) is 26.3 Å². The number of nitrogens with zero attached hydrogens (tertiary/aromatic N) is 2. The smallest absolute Gasteiger partial charge is 0.231 e. The van der Waals surface area contributed by atoms with E-state index in [1.807, 2.05) is 36.4 Å². The zero-order valence-corrected chi connectivity index (χ0v) is 11.8. The molecule has 4 heteroatoms. The maximum Gasteiger partial charge on any atom is 0.231 e. The molecule has 2 aromatic heterocycles. The molecular weight excluding hydrogens is 250 g/mol. The normalized spacial score (nSPS) is 11.8. The van der Waals surface area contributed by atoms with Gasteiger partial charge in [-0.3, -0.25) is 0 Å². The lowest BCUT2D eigenvalue weighted by molar-refractivity contribution is 0.614.